The van der Waals surface area contributed by atoms with Gasteiger partial charge < -0.3 is 14.8 Å². The number of hydrogen-bond acceptors (Lipinski definition) is 6. The summed E-state index contributed by atoms with van der Waals surface area (Å²) < 4.78 is 11.1. The zero-order chi connectivity index (χ0) is 25.0. The molecule has 0 radical (unpaired) electrons. The Labute approximate surface area is 191 Å². The van der Waals surface area contributed by atoms with Gasteiger partial charge in [0.05, 0.1) is 18.0 Å². The number of esters is 1. The van der Waals surface area contributed by atoms with Crippen LogP contribution in [0.15, 0.2) is 0 Å². The van der Waals surface area contributed by atoms with Crippen LogP contribution in [0.5, 0.6) is 0 Å². The Bertz CT molecular complexity index is 769. The number of carbonyl (C=O) groups is 4. The predicted molar refractivity (Wildman–Crippen MR) is 121 cm³/mol. The number of rotatable bonds is 6. The molecule has 0 aliphatic carbocycles. The normalized spacial score (nSPS) is 22.2. The molecule has 0 aromatic heterocycles. The van der Waals surface area contributed by atoms with E-state index in [1.54, 1.807) is 41.5 Å². The molecule has 2 amide bonds. The van der Waals surface area contributed by atoms with Crippen molar-refractivity contribution in [2.24, 2.45) is 11.8 Å². The van der Waals surface area contributed by atoms with E-state index in [9.17, 15) is 19.2 Å². The molecule has 0 bridgehead atoms. The molecule has 4 atom stereocenters. The van der Waals surface area contributed by atoms with Crippen LogP contribution in [0.2, 0.25) is 0 Å². The molecule has 8 heteroatoms. The van der Waals surface area contributed by atoms with Crippen LogP contribution in [-0.4, -0.2) is 58.0 Å². The van der Waals surface area contributed by atoms with Gasteiger partial charge in [-0.05, 0) is 66.2 Å². The number of nitrogens with one attached hydrogen (secondary N) is 1. The standard InChI is InChI=1S/C24H38N2O6/c1-11-19(28)16-13-18(21(29)31-23(5,6)7)26(22(30)32-24(8,9)10)20(16)17(12-14(2)3)25-15(4)27/h1,14,16-18,20H,12-13H2,2-10H3,(H,25,27)/t16-,17?,18+,20+/m0/s1. The summed E-state index contributed by atoms with van der Waals surface area (Å²) in [5.41, 5.74) is -1.63. The monoisotopic (exact) mass is 450 g/mol. The molecule has 1 N–H and O–H groups in total. The van der Waals surface area contributed by atoms with Gasteiger partial charge in [-0.2, -0.15) is 0 Å². The Morgan fingerprint density at radius 2 is 1.59 bits per heavy atom. The molecule has 0 aromatic rings. The van der Waals surface area contributed by atoms with Crippen molar-refractivity contribution in [3.63, 3.8) is 0 Å². The third-order valence-electron chi connectivity index (χ3n) is 4.83. The molecule has 1 heterocycles. The minimum Gasteiger partial charge on any atom is -0.458 e. The number of amides is 2. The van der Waals surface area contributed by atoms with Crippen molar-refractivity contribution in [1.29, 1.82) is 0 Å². The maximum atomic E-state index is 13.3. The lowest BCUT2D eigenvalue weighted by Crippen LogP contribution is -2.57. The minimum atomic E-state index is -1.07. The van der Waals surface area contributed by atoms with Gasteiger partial charge in [0.1, 0.15) is 17.2 Å². The highest BCUT2D eigenvalue weighted by molar-refractivity contribution is 5.99. The van der Waals surface area contributed by atoms with Crippen LogP contribution in [0.4, 0.5) is 4.79 Å². The molecule has 0 aromatic carbocycles. The summed E-state index contributed by atoms with van der Waals surface area (Å²) in [5, 5.41) is 2.86. The average molecular weight is 451 g/mol. The molecule has 0 saturated carbocycles. The van der Waals surface area contributed by atoms with Gasteiger partial charge in [0.15, 0.2) is 0 Å². The zero-order valence-electron chi connectivity index (χ0n) is 20.8. The topological polar surface area (TPSA) is 102 Å². The SMILES string of the molecule is C#CC(=O)[C@@H]1C[C@H](C(=O)OC(C)(C)C)N(C(=O)OC(C)(C)C)[C@H]1C(CC(C)C)NC(C)=O. The first kappa shape index (κ1) is 27.5. The smallest absolute Gasteiger partial charge is 0.411 e. The number of terminal acetylenes is 1. The predicted octanol–water partition coefficient (Wildman–Crippen LogP) is 3.08. The van der Waals surface area contributed by atoms with E-state index in [-0.39, 0.29) is 18.2 Å². The van der Waals surface area contributed by atoms with Crippen molar-refractivity contribution in [3.05, 3.63) is 0 Å². The summed E-state index contributed by atoms with van der Waals surface area (Å²) in [4.78, 5) is 52.4. The van der Waals surface area contributed by atoms with E-state index in [2.05, 4.69) is 11.2 Å². The number of ketones is 1. The van der Waals surface area contributed by atoms with E-state index < -0.39 is 53.1 Å². The fraction of sp³-hybridized carbons (Fsp3) is 0.750. The highest BCUT2D eigenvalue weighted by Crippen LogP contribution is 2.37. The minimum absolute atomic E-state index is 0.00393. The lowest BCUT2D eigenvalue weighted by molar-refractivity contribution is -0.160. The first-order valence-corrected chi connectivity index (χ1v) is 11.0. The van der Waals surface area contributed by atoms with Crippen LogP contribution in [0.3, 0.4) is 0 Å². The highest BCUT2D eigenvalue weighted by Gasteiger charge is 2.54. The lowest BCUT2D eigenvalue weighted by atomic mass is 9.86. The van der Waals surface area contributed by atoms with E-state index in [1.807, 2.05) is 13.8 Å². The van der Waals surface area contributed by atoms with Gasteiger partial charge >= 0.3 is 12.1 Å². The van der Waals surface area contributed by atoms with E-state index in [1.165, 1.54) is 11.8 Å². The van der Waals surface area contributed by atoms with E-state index in [0.29, 0.717) is 6.42 Å². The summed E-state index contributed by atoms with van der Waals surface area (Å²) in [6, 6.07) is -2.52. The molecule has 180 valence electrons. The van der Waals surface area contributed by atoms with Crippen LogP contribution in [-0.2, 0) is 23.9 Å². The molecule has 8 nitrogen and oxygen atoms in total. The molecular weight excluding hydrogens is 412 g/mol. The molecule has 32 heavy (non-hydrogen) atoms. The Balaban J connectivity index is 3.59. The van der Waals surface area contributed by atoms with Crippen LogP contribution in [0, 0.1) is 24.2 Å². The van der Waals surface area contributed by atoms with Gasteiger partial charge in [-0.3, -0.25) is 14.5 Å². The largest absolute Gasteiger partial charge is 0.458 e. The van der Waals surface area contributed by atoms with Gasteiger partial charge in [-0.15, -0.1) is 6.42 Å². The molecule has 1 fully saturated rings. The van der Waals surface area contributed by atoms with Crippen LogP contribution in [0.25, 0.3) is 0 Å². The van der Waals surface area contributed by atoms with Crippen molar-refractivity contribution in [1.82, 2.24) is 10.2 Å². The summed E-state index contributed by atoms with van der Waals surface area (Å²) in [7, 11) is 0. The third kappa shape index (κ3) is 7.85. The Morgan fingerprint density at radius 1 is 1.06 bits per heavy atom. The van der Waals surface area contributed by atoms with Crippen molar-refractivity contribution in [2.75, 3.05) is 0 Å². The quantitative estimate of drug-likeness (QED) is 0.379. The number of nitrogens with zero attached hydrogens (tertiary/aromatic N) is 1. The molecule has 1 saturated heterocycles. The van der Waals surface area contributed by atoms with Gasteiger partial charge in [-0.1, -0.05) is 13.8 Å². The molecule has 1 unspecified atom stereocenters. The first-order chi connectivity index (χ1) is 14.5. The maximum Gasteiger partial charge on any atom is 0.411 e. The van der Waals surface area contributed by atoms with Crippen LogP contribution >= 0.6 is 0 Å². The van der Waals surface area contributed by atoms with E-state index in [0.717, 1.165) is 0 Å². The number of carbonyl (C=O) groups excluding carboxylic acids is 4. The number of Topliss-reactive ketones (excluding diaryl/α,β-unsaturated/α-hetero) is 1. The van der Waals surface area contributed by atoms with Crippen molar-refractivity contribution in [2.45, 2.75) is 104 Å². The van der Waals surface area contributed by atoms with Crippen LogP contribution < -0.4 is 5.32 Å². The lowest BCUT2D eigenvalue weighted by Gasteiger charge is -2.38. The van der Waals surface area contributed by atoms with E-state index in [4.69, 9.17) is 15.9 Å². The number of likely N-dealkylation sites (tertiary alicyclic amines) is 1. The molecule has 1 aliphatic rings. The molecule has 0 spiro atoms. The highest BCUT2D eigenvalue weighted by atomic mass is 16.6. The number of ether oxygens (including phenoxy) is 2. The molecule has 1 aliphatic heterocycles. The number of hydrogen-bond donors (Lipinski definition) is 1. The third-order valence-corrected chi connectivity index (χ3v) is 4.83. The average Bonchev–Trinajstić information content (AvgIpc) is 2.97. The summed E-state index contributed by atoms with van der Waals surface area (Å²) in [6.45, 7) is 15.6. The second kappa shape index (κ2) is 10.4. The van der Waals surface area contributed by atoms with Gasteiger partial charge in [0, 0.05) is 6.92 Å². The van der Waals surface area contributed by atoms with Crippen molar-refractivity contribution < 1.29 is 28.7 Å². The summed E-state index contributed by atoms with van der Waals surface area (Å²) >= 11 is 0. The van der Waals surface area contributed by atoms with Crippen molar-refractivity contribution >= 4 is 23.8 Å². The second-order valence-electron chi connectivity index (χ2n) is 10.7. The van der Waals surface area contributed by atoms with Crippen LogP contribution in [0.1, 0.15) is 75.2 Å². The fourth-order valence-corrected chi connectivity index (χ4v) is 3.93. The van der Waals surface area contributed by atoms with Gasteiger partial charge in [0.2, 0.25) is 11.7 Å². The molecular formula is C24H38N2O6. The molecule has 1 rings (SSSR count). The first-order valence-electron chi connectivity index (χ1n) is 11.0. The van der Waals surface area contributed by atoms with Crippen molar-refractivity contribution in [3.8, 4) is 12.3 Å². The second-order valence-corrected chi connectivity index (χ2v) is 10.7. The summed E-state index contributed by atoms with van der Waals surface area (Å²) in [6.07, 6.45) is 5.13. The Morgan fingerprint density at radius 3 is 2.00 bits per heavy atom. The fourth-order valence-electron chi connectivity index (χ4n) is 3.93. The Hall–Kier alpha value is -2.56. The van der Waals surface area contributed by atoms with E-state index >= 15 is 0 Å². The maximum absolute atomic E-state index is 13.3. The zero-order valence-corrected chi connectivity index (χ0v) is 20.8. The Kier molecular flexibility index (Phi) is 8.90. The summed E-state index contributed by atoms with van der Waals surface area (Å²) in [5.74, 6) is -0.0741. The van der Waals surface area contributed by atoms with Gasteiger partial charge in [0.25, 0.3) is 0 Å². The van der Waals surface area contributed by atoms with Gasteiger partial charge in [-0.25, -0.2) is 9.59 Å².